The Morgan fingerprint density at radius 2 is 1.79 bits per heavy atom. The third-order valence-electron chi connectivity index (χ3n) is 4.44. The van der Waals surface area contributed by atoms with E-state index in [1.807, 2.05) is 23.6 Å². The first-order chi connectivity index (χ1) is 14.1. The number of amides is 2. The van der Waals surface area contributed by atoms with Crippen LogP contribution in [-0.4, -0.2) is 71.1 Å². The molecular weight excluding hydrogens is 410 g/mol. The number of hydrogen-bond donors (Lipinski definition) is 0. The zero-order chi connectivity index (χ0) is 20.6. The van der Waals surface area contributed by atoms with E-state index in [1.165, 1.54) is 23.1 Å². The fourth-order valence-corrected chi connectivity index (χ4v) is 4.63. The summed E-state index contributed by atoms with van der Waals surface area (Å²) >= 11 is 2.83. The zero-order valence-electron chi connectivity index (χ0n) is 16.2. The minimum atomic E-state index is -0.328. The third kappa shape index (κ3) is 6.04. The summed E-state index contributed by atoms with van der Waals surface area (Å²) in [5.74, 6) is 0.374. The van der Waals surface area contributed by atoms with Gasteiger partial charge in [0.1, 0.15) is 0 Å². The molecule has 9 heteroatoms. The summed E-state index contributed by atoms with van der Waals surface area (Å²) in [6.45, 7) is 4.06. The summed E-state index contributed by atoms with van der Waals surface area (Å²) in [6.07, 6.45) is -0.103. The van der Waals surface area contributed by atoms with Crippen LogP contribution in [0.4, 0.5) is 4.79 Å². The molecule has 0 radical (unpaired) electrons. The van der Waals surface area contributed by atoms with Crippen LogP contribution in [0, 0.1) is 0 Å². The molecule has 0 spiro atoms. The lowest BCUT2D eigenvalue weighted by Crippen LogP contribution is -2.51. The lowest BCUT2D eigenvalue weighted by molar-refractivity contribution is -0.132. The highest BCUT2D eigenvalue weighted by Crippen LogP contribution is 2.24. The molecule has 29 heavy (non-hydrogen) atoms. The molecule has 2 aromatic rings. The zero-order valence-corrected chi connectivity index (χ0v) is 17.8. The molecule has 154 valence electrons. The largest absolute Gasteiger partial charge is 0.450 e. The van der Waals surface area contributed by atoms with Gasteiger partial charge in [0.25, 0.3) is 0 Å². The summed E-state index contributed by atoms with van der Waals surface area (Å²) in [7, 11) is 0. The molecule has 3 rings (SSSR count). The van der Waals surface area contributed by atoms with Crippen LogP contribution in [0.15, 0.2) is 40.1 Å². The minimum Gasteiger partial charge on any atom is -0.450 e. The van der Waals surface area contributed by atoms with Crippen LogP contribution in [0.3, 0.4) is 0 Å². The second kappa shape index (κ2) is 10.4. The van der Waals surface area contributed by atoms with Gasteiger partial charge in [0, 0.05) is 37.1 Å². The number of aromatic nitrogens is 1. The normalized spacial score (nSPS) is 14.0. The Balaban J connectivity index is 1.44. The van der Waals surface area contributed by atoms with E-state index in [0.717, 1.165) is 4.34 Å². The van der Waals surface area contributed by atoms with E-state index in [4.69, 9.17) is 4.74 Å². The van der Waals surface area contributed by atoms with Crippen molar-refractivity contribution >= 4 is 40.9 Å². The maximum Gasteiger partial charge on any atom is 0.409 e. The number of piperazine rings is 1. The van der Waals surface area contributed by atoms with Crippen LogP contribution in [0.25, 0.3) is 0 Å². The number of benzene rings is 1. The van der Waals surface area contributed by atoms with E-state index in [0.29, 0.717) is 49.8 Å². The molecule has 2 amide bonds. The van der Waals surface area contributed by atoms with Gasteiger partial charge in [-0.05, 0) is 6.92 Å². The number of hydrogen-bond acceptors (Lipinski definition) is 7. The van der Waals surface area contributed by atoms with Crippen molar-refractivity contribution in [3.05, 3.63) is 47.0 Å². The SMILES string of the molecule is CCOC(=O)N1CCN(C(=O)Cc2csc(SCC(=O)c3ccccc3)n2)CC1. The number of rotatable bonds is 7. The molecule has 1 aromatic heterocycles. The summed E-state index contributed by atoms with van der Waals surface area (Å²) in [4.78, 5) is 44.3. The van der Waals surface area contributed by atoms with Crippen molar-refractivity contribution in [2.24, 2.45) is 0 Å². The summed E-state index contributed by atoms with van der Waals surface area (Å²) in [5, 5.41) is 1.86. The highest BCUT2D eigenvalue weighted by Gasteiger charge is 2.25. The monoisotopic (exact) mass is 433 g/mol. The summed E-state index contributed by atoms with van der Waals surface area (Å²) in [6, 6.07) is 9.17. The van der Waals surface area contributed by atoms with E-state index in [-0.39, 0.29) is 24.2 Å². The maximum atomic E-state index is 12.5. The van der Waals surface area contributed by atoms with Crippen LogP contribution in [0.1, 0.15) is 23.0 Å². The number of ketones is 1. The van der Waals surface area contributed by atoms with Gasteiger partial charge < -0.3 is 14.5 Å². The van der Waals surface area contributed by atoms with Crippen molar-refractivity contribution in [1.29, 1.82) is 0 Å². The molecule has 1 aromatic carbocycles. The molecule has 7 nitrogen and oxygen atoms in total. The average molecular weight is 434 g/mol. The lowest BCUT2D eigenvalue weighted by atomic mass is 10.2. The number of carbonyl (C=O) groups excluding carboxylic acids is 3. The molecule has 1 fully saturated rings. The smallest absolute Gasteiger partial charge is 0.409 e. The van der Waals surface area contributed by atoms with Gasteiger partial charge in [0.15, 0.2) is 10.1 Å². The highest BCUT2D eigenvalue weighted by atomic mass is 32.2. The van der Waals surface area contributed by atoms with E-state index >= 15 is 0 Å². The Bertz CT molecular complexity index is 848. The van der Waals surface area contributed by atoms with Crippen molar-refractivity contribution in [2.75, 3.05) is 38.5 Å². The quantitative estimate of drug-likeness (QED) is 0.493. The molecule has 2 heterocycles. The number of nitrogens with zero attached hydrogens (tertiary/aromatic N) is 3. The van der Waals surface area contributed by atoms with Gasteiger partial charge in [0.2, 0.25) is 5.91 Å². The van der Waals surface area contributed by atoms with Crippen molar-refractivity contribution in [2.45, 2.75) is 17.7 Å². The minimum absolute atomic E-state index is 0.00396. The Hall–Kier alpha value is -2.39. The number of carbonyl (C=O) groups is 3. The van der Waals surface area contributed by atoms with Crippen molar-refractivity contribution in [3.8, 4) is 0 Å². The molecule has 0 unspecified atom stereocenters. The Labute approximate surface area is 178 Å². The van der Waals surface area contributed by atoms with Gasteiger partial charge in [-0.1, -0.05) is 42.1 Å². The Kier molecular flexibility index (Phi) is 7.65. The van der Waals surface area contributed by atoms with Crippen molar-refractivity contribution < 1.29 is 19.1 Å². The molecule has 0 saturated carbocycles. The topological polar surface area (TPSA) is 79.8 Å². The number of thiazole rings is 1. The lowest BCUT2D eigenvalue weighted by Gasteiger charge is -2.34. The standard InChI is InChI=1S/C20H23N3O4S2/c1-2-27-20(26)23-10-8-22(9-11-23)18(25)12-16-13-28-19(21-16)29-14-17(24)15-6-4-3-5-7-15/h3-7,13H,2,8-12,14H2,1H3. The first kappa shape index (κ1) is 21.3. The third-order valence-corrected chi connectivity index (χ3v) is 6.51. The highest BCUT2D eigenvalue weighted by molar-refractivity contribution is 8.01. The predicted molar refractivity (Wildman–Crippen MR) is 112 cm³/mol. The van der Waals surface area contributed by atoms with Gasteiger partial charge in [-0.2, -0.15) is 0 Å². The van der Waals surface area contributed by atoms with E-state index in [2.05, 4.69) is 4.98 Å². The van der Waals surface area contributed by atoms with Crippen molar-refractivity contribution in [3.63, 3.8) is 0 Å². The first-order valence-electron chi connectivity index (χ1n) is 9.41. The van der Waals surface area contributed by atoms with E-state index in [1.54, 1.807) is 28.9 Å². The number of thioether (sulfide) groups is 1. The summed E-state index contributed by atoms with van der Waals surface area (Å²) < 4.78 is 5.77. The molecule has 0 atom stereocenters. The van der Waals surface area contributed by atoms with Crippen LogP contribution >= 0.6 is 23.1 Å². The molecule has 0 aliphatic carbocycles. The van der Waals surface area contributed by atoms with Gasteiger partial charge in [-0.15, -0.1) is 11.3 Å². The number of Topliss-reactive ketones (excluding diaryl/α,β-unsaturated/α-hetero) is 1. The van der Waals surface area contributed by atoms with Gasteiger partial charge in [-0.25, -0.2) is 9.78 Å². The molecule has 0 bridgehead atoms. The predicted octanol–water partition coefficient (Wildman–Crippen LogP) is 2.96. The van der Waals surface area contributed by atoms with Crippen LogP contribution < -0.4 is 0 Å². The number of ether oxygens (including phenoxy) is 1. The van der Waals surface area contributed by atoms with Gasteiger partial charge in [0.05, 0.1) is 24.5 Å². The molecule has 1 aliphatic heterocycles. The van der Waals surface area contributed by atoms with E-state index < -0.39 is 0 Å². The maximum absolute atomic E-state index is 12.5. The molecule has 1 aliphatic rings. The second-order valence-electron chi connectivity index (χ2n) is 6.43. The summed E-state index contributed by atoms with van der Waals surface area (Å²) in [5.41, 5.74) is 1.40. The van der Waals surface area contributed by atoms with E-state index in [9.17, 15) is 14.4 Å². The van der Waals surface area contributed by atoms with Gasteiger partial charge in [-0.3, -0.25) is 9.59 Å². The Morgan fingerprint density at radius 3 is 2.48 bits per heavy atom. The van der Waals surface area contributed by atoms with Crippen LogP contribution in [0.5, 0.6) is 0 Å². The van der Waals surface area contributed by atoms with Crippen LogP contribution in [-0.2, 0) is 16.0 Å². The average Bonchev–Trinajstić information content (AvgIpc) is 3.20. The first-order valence-corrected chi connectivity index (χ1v) is 11.3. The Morgan fingerprint density at radius 1 is 1.10 bits per heavy atom. The molecule has 0 N–H and O–H groups in total. The fourth-order valence-electron chi connectivity index (χ4n) is 2.89. The van der Waals surface area contributed by atoms with Crippen molar-refractivity contribution in [1.82, 2.24) is 14.8 Å². The molecular formula is C20H23N3O4S2. The fraction of sp³-hybridized carbons (Fsp3) is 0.400. The second-order valence-corrected chi connectivity index (χ2v) is 8.51. The molecule has 1 saturated heterocycles. The van der Waals surface area contributed by atoms with Crippen LogP contribution in [0.2, 0.25) is 0 Å². The van der Waals surface area contributed by atoms with Gasteiger partial charge >= 0.3 is 6.09 Å².